The van der Waals surface area contributed by atoms with Crippen LogP contribution < -0.4 is 15.0 Å². The maximum atomic E-state index is 12.1. The number of nitrogens with one attached hydrogen (secondary N) is 1. The SMILES string of the molecule is COc1cccc(N2C[C@H](NC(=O)C3CC3)CC2=O)c1. The topological polar surface area (TPSA) is 58.6 Å². The van der Waals surface area contributed by atoms with Crippen LogP contribution in [0.15, 0.2) is 24.3 Å². The van der Waals surface area contributed by atoms with E-state index in [-0.39, 0.29) is 23.8 Å². The van der Waals surface area contributed by atoms with Crippen LogP contribution in [0.2, 0.25) is 0 Å². The third kappa shape index (κ3) is 2.61. The fraction of sp³-hybridized carbons (Fsp3) is 0.467. The lowest BCUT2D eigenvalue weighted by molar-refractivity contribution is -0.122. The first-order valence-electron chi connectivity index (χ1n) is 6.92. The summed E-state index contributed by atoms with van der Waals surface area (Å²) in [7, 11) is 1.60. The van der Waals surface area contributed by atoms with Gasteiger partial charge in [-0.2, -0.15) is 0 Å². The zero-order chi connectivity index (χ0) is 14.1. The molecular weight excluding hydrogens is 256 g/mol. The van der Waals surface area contributed by atoms with Crippen LogP contribution in [0.5, 0.6) is 5.75 Å². The molecule has 1 aromatic carbocycles. The number of rotatable bonds is 4. The molecule has 1 saturated carbocycles. The van der Waals surface area contributed by atoms with Crippen molar-refractivity contribution >= 4 is 17.5 Å². The molecule has 2 fully saturated rings. The minimum atomic E-state index is -0.0817. The van der Waals surface area contributed by atoms with E-state index in [2.05, 4.69) is 5.32 Å². The summed E-state index contributed by atoms with van der Waals surface area (Å²) in [6.07, 6.45) is 2.33. The minimum Gasteiger partial charge on any atom is -0.497 e. The van der Waals surface area contributed by atoms with Gasteiger partial charge in [0.1, 0.15) is 5.75 Å². The molecule has 20 heavy (non-hydrogen) atoms. The summed E-state index contributed by atoms with van der Waals surface area (Å²) in [6, 6.07) is 7.34. The van der Waals surface area contributed by atoms with E-state index in [1.54, 1.807) is 12.0 Å². The van der Waals surface area contributed by atoms with Gasteiger partial charge in [-0.3, -0.25) is 9.59 Å². The fourth-order valence-corrected chi connectivity index (χ4v) is 2.50. The molecule has 3 rings (SSSR count). The van der Waals surface area contributed by atoms with Crippen molar-refractivity contribution in [1.82, 2.24) is 5.32 Å². The number of hydrogen-bond donors (Lipinski definition) is 1. The van der Waals surface area contributed by atoms with E-state index < -0.39 is 0 Å². The Balaban J connectivity index is 1.68. The van der Waals surface area contributed by atoms with Crippen molar-refractivity contribution in [3.63, 3.8) is 0 Å². The highest BCUT2D eigenvalue weighted by molar-refractivity contribution is 5.97. The van der Waals surface area contributed by atoms with E-state index in [9.17, 15) is 9.59 Å². The average molecular weight is 274 g/mol. The Labute approximate surface area is 117 Å². The highest BCUT2D eigenvalue weighted by atomic mass is 16.5. The molecule has 1 aromatic rings. The van der Waals surface area contributed by atoms with Gasteiger partial charge in [-0.05, 0) is 25.0 Å². The standard InChI is InChI=1S/C15H18N2O3/c1-20-13-4-2-3-12(8-13)17-9-11(7-14(17)18)16-15(19)10-5-6-10/h2-4,8,10-11H,5-7,9H2,1H3,(H,16,19)/t11-/m1/s1. The van der Waals surface area contributed by atoms with Crippen molar-refractivity contribution < 1.29 is 14.3 Å². The molecule has 2 aliphatic rings. The van der Waals surface area contributed by atoms with Gasteiger partial charge in [0.15, 0.2) is 0 Å². The predicted molar refractivity (Wildman–Crippen MR) is 74.6 cm³/mol. The fourth-order valence-electron chi connectivity index (χ4n) is 2.50. The number of carbonyl (C=O) groups excluding carboxylic acids is 2. The Morgan fingerprint density at radius 2 is 2.20 bits per heavy atom. The summed E-state index contributed by atoms with van der Waals surface area (Å²) in [5.74, 6) is 1.03. The number of amides is 2. The van der Waals surface area contributed by atoms with Gasteiger partial charge >= 0.3 is 0 Å². The van der Waals surface area contributed by atoms with Crippen molar-refractivity contribution in [2.45, 2.75) is 25.3 Å². The van der Waals surface area contributed by atoms with Crippen LogP contribution in [-0.2, 0) is 9.59 Å². The average Bonchev–Trinajstić information content (AvgIpc) is 3.24. The minimum absolute atomic E-state index is 0.0411. The largest absolute Gasteiger partial charge is 0.497 e. The van der Waals surface area contributed by atoms with Crippen LogP contribution in [0.25, 0.3) is 0 Å². The van der Waals surface area contributed by atoms with Crippen LogP contribution in [0, 0.1) is 5.92 Å². The summed E-state index contributed by atoms with van der Waals surface area (Å²) >= 11 is 0. The van der Waals surface area contributed by atoms with Crippen LogP contribution >= 0.6 is 0 Å². The van der Waals surface area contributed by atoms with E-state index in [1.807, 2.05) is 24.3 Å². The maximum Gasteiger partial charge on any atom is 0.229 e. The van der Waals surface area contributed by atoms with Crippen molar-refractivity contribution in [3.8, 4) is 5.75 Å². The number of anilines is 1. The summed E-state index contributed by atoms with van der Waals surface area (Å²) in [5.41, 5.74) is 0.817. The van der Waals surface area contributed by atoms with Crippen LogP contribution in [-0.4, -0.2) is 31.5 Å². The van der Waals surface area contributed by atoms with Crippen molar-refractivity contribution in [1.29, 1.82) is 0 Å². The smallest absolute Gasteiger partial charge is 0.229 e. The Morgan fingerprint density at radius 1 is 1.40 bits per heavy atom. The first-order chi connectivity index (χ1) is 9.67. The highest BCUT2D eigenvalue weighted by Gasteiger charge is 2.35. The second-order valence-corrected chi connectivity index (χ2v) is 5.39. The Bertz CT molecular complexity index is 540. The number of ether oxygens (including phenoxy) is 1. The number of benzene rings is 1. The molecule has 0 bridgehead atoms. The van der Waals surface area contributed by atoms with Gasteiger partial charge in [-0.1, -0.05) is 6.07 Å². The summed E-state index contributed by atoms with van der Waals surface area (Å²) in [6.45, 7) is 0.532. The molecule has 2 amide bonds. The lowest BCUT2D eigenvalue weighted by atomic mass is 10.2. The van der Waals surface area contributed by atoms with Crippen molar-refractivity contribution in [2.24, 2.45) is 5.92 Å². The zero-order valence-electron chi connectivity index (χ0n) is 11.5. The van der Waals surface area contributed by atoms with Gasteiger partial charge in [0.25, 0.3) is 0 Å². The molecule has 0 spiro atoms. The highest BCUT2D eigenvalue weighted by Crippen LogP contribution is 2.30. The number of nitrogens with zero attached hydrogens (tertiary/aromatic N) is 1. The van der Waals surface area contributed by atoms with Gasteiger partial charge in [0.2, 0.25) is 11.8 Å². The van der Waals surface area contributed by atoms with E-state index in [0.29, 0.717) is 13.0 Å². The molecule has 1 N–H and O–H groups in total. The van der Waals surface area contributed by atoms with E-state index in [1.165, 1.54) is 0 Å². The molecule has 1 aliphatic carbocycles. The molecule has 106 valence electrons. The summed E-state index contributed by atoms with van der Waals surface area (Å²) < 4.78 is 5.17. The first kappa shape index (κ1) is 13.0. The summed E-state index contributed by atoms with van der Waals surface area (Å²) in [5, 5.41) is 2.97. The van der Waals surface area contributed by atoms with E-state index in [0.717, 1.165) is 24.3 Å². The summed E-state index contributed by atoms with van der Waals surface area (Å²) in [4.78, 5) is 25.5. The maximum absolute atomic E-state index is 12.1. The third-order valence-electron chi connectivity index (χ3n) is 3.78. The van der Waals surface area contributed by atoms with Gasteiger partial charge in [-0.15, -0.1) is 0 Å². The number of methoxy groups -OCH3 is 1. The van der Waals surface area contributed by atoms with E-state index >= 15 is 0 Å². The van der Waals surface area contributed by atoms with Gasteiger partial charge in [-0.25, -0.2) is 0 Å². The van der Waals surface area contributed by atoms with Gasteiger partial charge in [0.05, 0.1) is 13.2 Å². The predicted octanol–water partition coefficient (Wildman–Crippen LogP) is 1.33. The molecule has 1 saturated heterocycles. The van der Waals surface area contributed by atoms with Crippen LogP contribution in [0.4, 0.5) is 5.69 Å². The molecule has 0 aromatic heterocycles. The first-order valence-corrected chi connectivity index (χ1v) is 6.92. The second kappa shape index (κ2) is 5.15. The molecule has 0 radical (unpaired) electrons. The molecule has 0 unspecified atom stereocenters. The Kier molecular flexibility index (Phi) is 3.34. The van der Waals surface area contributed by atoms with Crippen molar-refractivity contribution in [3.05, 3.63) is 24.3 Å². The quantitative estimate of drug-likeness (QED) is 0.901. The number of hydrogen-bond acceptors (Lipinski definition) is 3. The zero-order valence-corrected chi connectivity index (χ0v) is 11.5. The lowest BCUT2D eigenvalue weighted by Gasteiger charge is -2.18. The molecule has 5 heteroatoms. The second-order valence-electron chi connectivity index (χ2n) is 5.39. The lowest BCUT2D eigenvalue weighted by Crippen LogP contribution is -2.37. The molecular formula is C15H18N2O3. The Hall–Kier alpha value is -2.04. The van der Waals surface area contributed by atoms with Crippen LogP contribution in [0.3, 0.4) is 0 Å². The normalized spacial score (nSPS) is 21.9. The molecule has 1 aliphatic heterocycles. The van der Waals surface area contributed by atoms with Gasteiger partial charge in [0, 0.05) is 30.6 Å². The van der Waals surface area contributed by atoms with Crippen LogP contribution in [0.1, 0.15) is 19.3 Å². The molecule has 5 nitrogen and oxygen atoms in total. The molecule has 1 heterocycles. The molecule has 1 atom stereocenters. The number of carbonyl (C=O) groups is 2. The Morgan fingerprint density at radius 3 is 2.90 bits per heavy atom. The third-order valence-corrected chi connectivity index (χ3v) is 3.78. The van der Waals surface area contributed by atoms with Gasteiger partial charge < -0.3 is 15.0 Å². The van der Waals surface area contributed by atoms with Crippen molar-refractivity contribution in [2.75, 3.05) is 18.6 Å². The van der Waals surface area contributed by atoms with E-state index in [4.69, 9.17) is 4.74 Å². The monoisotopic (exact) mass is 274 g/mol.